The van der Waals surface area contributed by atoms with Crippen molar-refractivity contribution in [3.8, 4) is 28.4 Å². The molecule has 0 saturated heterocycles. The van der Waals surface area contributed by atoms with Gasteiger partial charge in [-0.15, -0.1) is 10.2 Å². The van der Waals surface area contributed by atoms with E-state index in [4.69, 9.17) is 14.2 Å². The molecule has 228 valence electrons. The average molecular weight is 615 g/mol. The van der Waals surface area contributed by atoms with Crippen LogP contribution in [0.15, 0.2) is 59.7 Å². The predicted molar refractivity (Wildman–Crippen MR) is 147 cm³/mol. The number of rotatable bonds is 10. The number of aromatic amines is 1. The van der Waals surface area contributed by atoms with E-state index in [1.807, 2.05) is 0 Å². The number of aromatic nitrogens is 5. The van der Waals surface area contributed by atoms with Gasteiger partial charge in [-0.2, -0.15) is 13.2 Å². The van der Waals surface area contributed by atoms with Gasteiger partial charge < -0.3 is 24.5 Å². The van der Waals surface area contributed by atoms with Gasteiger partial charge in [-0.1, -0.05) is 0 Å². The van der Waals surface area contributed by atoms with Crippen LogP contribution in [0.4, 0.5) is 23.2 Å². The van der Waals surface area contributed by atoms with Crippen LogP contribution in [0.1, 0.15) is 11.4 Å². The second-order valence-corrected chi connectivity index (χ2v) is 9.31. The molecule has 0 atom stereocenters. The van der Waals surface area contributed by atoms with Crippen LogP contribution < -0.4 is 25.2 Å². The number of imidazole rings is 1. The van der Waals surface area contributed by atoms with E-state index in [1.54, 1.807) is 0 Å². The van der Waals surface area contributed by atoms with Crippen LogP contribution in [-0.4, -0.2) is 43.8 Å². The molecule has 0 unspecified atom stereocenters. The molecule has 16 heteroatoms. The van der Waals surface area contributed by atoms with Crippen molar-refractivity contribution >= 4 is 29.1 Å². The molecule has 5 rings (SSSR count). The van der Waals surface area contributed by atoms with E-state index in [2.05, 4.69) is 20.5 Å². The number of carbonyl (C=O) groups excluding carboxylic acids is 2. The highest BCUT2D eigenvalue weighted by atomic mass is 19.4. The Morgan fingerprint density at radius 2 is 1.82 bits per heavy atom. The number of halogens is 4. The lowest BCUT2D eigenvalue weighted by Gasteiger charge is -2.17. The molecule has 0 saturated carbocycles. The number of ether oxygens (including phenoxy) is 3. The number of aryl methyl sites for hydroxylation is 1. The lowest BCUT2D eigenvalue weighted by molar-refractivity contribution is -0.137. The van der Waals surface area contributed by atoms with Crippen LogP contribution in [0.25, 0.3) is 22.2 Å². The normalized spacial score (nSPS) is 11.4. The molecule has 0 radical (unpaired) electrons. The van der Waals surface area contributed by atoms with Crippen molar-refractivity contribution in [3.63, 3.8) is 0 Å². The molecular formula is C28H22F4N6O6. The standard InChI is InChI=1S/C28H22F4N6O6/c1-37-26-19(18-9-22(42-2)23(10-21(18)44-14-39)43-12-24-33-13-34-36-24)7-15(28(30,31)32)8-20(26)38(27(37)41)11-25(40)35-17-5-3-16(29)4-6-17/h3-10,13-14H,11-12H2,1-2H3,(H,35,40)(H,33,34,36). The van der Waals surface area contributed by atoms with Crippen molar-refractivity contribution in [3.05, 3.63) is 82.5 Å². The Labute approximate surface area is 244 Å². The van der Waals surface area contributed by atoms with Gasteiger partial charge in [-0.3, -0.25) is 18.7 Å². The Morgan fingerprint density at radius 3 is 2.45 bits per heavy atom. The molecule has 2 N–H and O–H groups in total. The number of methoxy groups -OCH3 is 1. The average Bonchev–Trinajstić information content (AvgIpc) is 3.59. The first-order chi connectivity index (χ1) is 21.0. The van der Waals surface area contributed by atoms with Crippen molar-refractivity contribution in [2.75, 3.05) is 12.4 Å². The molecule has 5 aromatic rings. The first-order valence-electron chi connectivity index (χ1n) is 12.7. The minimum atomic E-state index is -4.87. The molecule has 0 aliphatic heterocycles. The number of H-pyrrole nitrogens is 1. The zero-order valence-electron chi connectivity index (χ0n) is 22.9. The fraction of sp³-hybridized carbons (Fsp3) is 0.179. The number of hydrogen-bond acceptors (Lipinski definition) is 8. The Morgan fingerprint density at radius 1 is 1.07 bits per heavy atom. The summed E-state index contributed by atoms with van der Waals surface area (Å²) >= 11 is 0. The van der Waals surface area contributed by atoms with Crippen LogP contribution in [0, 0.1) is 5.82 Å². The molecule has 0 aliphatic rings. The Bertz CT molecular complexity index is 1900. The van der Waals surface area contributed by atoms with Crippen molar-refractivity contribution in [1.82, 2.24) is 24.3 Å². The summed E-state index contributed by atoms with van der Waals surface area (Å²) in [6, 6.07) is 8.89. The monoisotopic (exact) mass is 614 g/mol. The van der Waals surface area contributed by atoms with Gasteiger partial charge in [0.25, 0.3) is 6.47 Å². The Balaban J connectivity index is 1.66. The van der Waals surface area contributed by atoms with Gasteiger partial charge in [0.2, 0.25) is 5.91 Å². The molecular weight excluding hydrogens is 592 g/mol. The van der Waals surface area contributed by atoms with Gasteiger partial charge in [0, 0.05) is 29.9 Å². The minimum absolute atomic E-state index is 0.00529. The number of alkyl halides is 3. The summed E-state index contributed by atoms with van der Waals surface area (Å²) in [7, 11) is 2.62. The fourth-order valence-electron chi connectivity index (χ4n) is 4.58. The van der Waals surface area contributed by atoms with Crippen molar-refractivity contribution < 1.29 is 41.4 Å². The summed E-state index contributed by atoms with van der Waals surface area (Å²) in [4.78, 5) is 40.3. The van der Waals surface area contributed by atoms with E-state index in [0.29, 0.717) is 5.82 Å². The maximum Gasteiger partial charge on any atom is 0.416 e. The molecule has 44 heavy (non-hydrogen) atoms. The van der Waals surface area contributed by atoms with Gasteiger partial charge >= 0.3 is 11.9 Å². The third-order valence-corrected chi connectivity index (χ3v) is 6.55. The molecule has 0 fully saturated rings. The lowest BCUT2D eigenvalue weighted by Crippen LogP contribution is -2.28. The van der Waals surface area contributed by atoms with Gasteiger partial charge in [0.05, 0.1) is 23.7 Å². The summed E-state index contributed by atoms with van der Waals surface area (Å²) in [6.45, 7) is -0.675. The van der Waals surface area contributed by atoms with E-state index in [1.165, 1.54) is 44.8 Å². The number of amides is 1. The number of nitrogens with zero attached hydrogens (tertiary/aromatic N) is 4. The summed E-state index contributed by atoms with van der Waals surface area (Å²) < 4.78 is 74.0. The van der Waals surface area contributed by atoms with Crippen LogP contribution in [0.3, 0.4) is 0 Å². The molecule has 0 bridgehead atoms. The molecule has 0 spiro atoms. The molecule has 2 heterocycles. The molecule has 0 aliphatic carbocycles. The first kappa shape index (κ1) is 29.8. The maximum atomic E-state index is 14.2. The van der Waals surface area contributed by atoms with E-state index in [9.17, 15) is 31.9 Å². The third-order valence-electron chi connectivity index (χ3n) is 6.55. The highest BCUT2D eigenvalue weighted by Crippen LogP contribution is 2.44. The number of benzene rings is 3. The smallest absolute Gasteiger partial charge is 0.416 e. The maximum absolute atomic E-state index is 14.2. The summed E-state index contributed by atoms with van der Waals surface area (Å²) in [5.41, 5.74) is -2.13. The molecule has 2 aromatic heterocycles. The highest BCUT2D eigenvalue weighted by Gasteiger charge is 2.34. The van der Waals surface area contributed by atoms with Gasteiger partial charge in [0.15, 0.2) is 17.3 Å². The van der Waals surface area contributed by atoms with E-state index >= 15 is 0 Å². The lowest BCUT2D eigenvalue weighted by atomic mass is 9.99. The van der Waals surface area contributed by atoms with E-state index in [-0.39, 0.29) is 58.2 Å². The zero-order valence-corrected chi connectivity index (χ0v) is 22.9. The van der Waals surface area contributed by atoms with Crippen molar-refractivity contribution in [1.29, 1.82) is 0 Å². The number of hydrogen-bond donors (Lipinski definition) is 2. The predicted octanol–water partition coefficient (Wildman–Crippen LogP) is 4.04. The number of carbonyl (C=O) groups is 2. The Hall–Kier alpha value is -5.67. The molecule has 12 nitrogen and oxygen atoms in total. The van der Waals surface area contributed by atoms with Crippen LogP contribution >= 0.6 is 0 Å². The second kappa shape index (κ2) is 11.9. The number of fused-ring (bicyclic) bond motifs is 1. The second-order valence-electron chi connectivity index (χ2n) is 9.31. The Kier molecular flexibility index (Phi) is 8.07. The van der Waals surface area contributed by atoms with E-state index in [0.717, 1.165) is 33.4 Å². The topological polar surface area (TPSA) is 142 Å². The quantitative estimate of drug-likeness (QED) is 0.177. The number of anilines is 1. The van der Waals surface area contributed by atoms with Gasteiger partial charge in [-0.05, 0) is 42.5 Å². The summed E-state index contributed by atoms with van der Waals surface area (Å²) in [6.07, 6.45) is -3.53. The van der Waals surface area contributed by atoms with Crippen molar-refractivity contribution in [2.24, 2.45) is 7.05 Å². The molecule has 3 aromatic carbocycles. The van der Waals surface area contributed by atoms with Gasteiger partial charge in [0.1, 0.15) is 31.0 Å². The van der Waals surface area contributed by atoms with Crippen LogP contribution in [-0.2, 0) is 36.0 Å². The number of nitrogens with one attached hydrogen (secondary N) is 2. The first-order valence-corrected chi connectivity index (χ1v) is 12.7. The van der Waals surface area contributed by atoms with E-state index < -0.39 is 35.7 Å². The SMILES string of the molecule is COc1cc(-c2cc(C(F)(F)F)cc3c2n(C)c(=O)n3CC(=O)Nc2ccc(F)cc2)c(OC=O)cc1OCc1nnc[nH]1. The van der Waals surface area contributed by atoms with Crippen molar-refractivity contribution in [2.45, 2.75) is 19.3 Å². The summed E-state index contributed by atoms with van der Waals surface area (Å²) in [5, 5.41) is 9.93. The highest BCUT2D eigenvalue weighted by molar-refractivity contribution is 5.97. The zero-order chi connectivity index (χ0) is 31.6. The van der Waals surface area contributed by atoms with Gasteiger partial charge in [-0.25, -0.2) is 9.18 Å². The van der Waals surface area contributed by atoms with Crippen LogP contribution in [0.2, 0.25) is 0 Å². The summed E-state index contributed by atoms with van der Waals surface area (Å²) in [5.74, 6) is -1.01. The fourth-order valence-corrected chi connectivity index (χ4v) is 4.58. The minimum Gasteiger partial charge on any atom is -0.493 e. The third kappa shape index (κ3) is 5.95. The van der Waals surface area contributed by atoms with Crippen LogP contribution in [0.5, 0.6) is 17.2 Å². The largest absolute Gasteiger partial charge is 0.493 e. The molecule has 1 amide bonds.